The standard InChI is InChI=1S/C14H10O3.Pb/c15-13(10-6-2-1-3-7-10)11-8-4-5-9-12(11)14(16)17;/h1-9H,(H,16,17);. The fraction of sp³-hybridized carbons (Fsp3) is 0. The van der Waals surface area contributed by atoms with E-state index in [1.807, 2.05) is 0 Å². The van der Waals surface area contributed by atoms with Crippen molar-refractivity contribution in [2.45, 2.75) is 0 Å². The zero-order chi connectivity index (χ0) is 12.3. The molecule has 0 spiro atoms. The quantitative estimate of drug-likeness (QED) is 0.597. The Hall–Kier alpha value is -1.50. The molecule has 4 radical (unpaired) electrons. The van der Waals surface area contributed by atoms with Gasteiger partial charge < -0.3 is 5.11 Å². The van der Waals surface area contributed by atoms with E-state index in [0.717, 1.165) is 0 Å². The van der Waals surface area contributed by atoms with Gasteiger partial charge in [0.05, 0.1) is 5.56 Å². The van der Waals surface area contributed by atoms with E-state index < -0.39 is 5.97 Å². The van der Waals surface area contributed by atoms with E-state index in [1.54, 1.807) is 42.5 Å². The molecule has 2 aromatic carbocycles. The van der Waals surface area contributed by atoms with Gasteiger partial charge in [-0.3, -0.25) is 4.79 Å². The van der Waals surface area contributed by atoms with Crippen LogP contribution in [0.5, 0.6) is 0 Å². The Morgan fingerprint density at radius 1 is 0.778 bits per heavy atom. The Balaban J connectivity index is 0.00000162. The topological polar surface area (TPSA) is 54.4 Å². The van der Waals surface area contributed by atoms with Crippen LogP contribution < -0.4 is 0 Å². The van der Waals surface area contributed by atoms with E-state index in [1.165, 1.54) is 12.1 Å². The van der Waals surface area contributed by atoms with Crippen LogP contribution in [0.2, 0.25) is 0 Å². The van der Waals surface area contributed by atoms with Crippen molar-refractivity contribution in [2.24, 2.45) is 0 Å². The number of hydrogen-bond donors (Lipinski definition) is 1. The zero-order valence-corrected chi connectivity index (χ0v) is 13.3. The number of rotatable bonds is 3. The van der Waals surface area contributed by atoms with Crippen molar-refractivity contribution in [3.8, 4) is 0 Å². The summed E-state index contributed by atoms with van der Waals surface area (Å²) < 4.78 is 0. The number of carboxylic acids is 1. The molecule has 0 aliphatic carbocycles. The van der Waals surface area contributed by atoms with Crippen LogP contribution in [0.3, 0.4) is 0 Å². The summed E-state index contributed by atoms with van der Waals surface area (Å²) in [6, 6.07) is 14.8. The van der Waals surface area contributed by atoms with Crippen molar-refractivity contribution in [2.75, 3.05) is 0 Å². The van der Waals surface area contributed by atoms with Gasteiger partial charge in [-0.25, -0.2) is 4.79 Å². The predicted molar refractivity (Wildman–Crippen MR) is 69.0 cm³/mol. The van der Waals surface area contributed by atoms with Gasteiger partial charge in [-0.15, -0.1) is 0 Å². The monoisotopic (exact) mass is 434 g/mol. The Labute approximate surface area is 125 Å². The minimum atomic E-state index is -1.09. The molecule has 0 fully saturated rings. The van der Waals surface area contributed by atoms with Gasteiger partial charge in [0.2, 0.25) is 0 Å². The van der Waals surface area contributed by atoms with E-state index in [4.69, 9.17) is 5.11 Å². The first-order valence-corrected chi connectivity index (χ1v) is 5.12. The van der Waals surface area contributed by atoms with Crippen molar-refractivity contribution in [3.63, 3.8) is 0 Å². The number of carbonyl (C=O) groups is 2. The second-order valence-electron chi connectivity index (χ2n) is 3.55. The summed E-state index contributed by atoms with van der Waals surface area (Å²) in [6.45, 7) is 0. The normalized spacial score (nSPS) is 9.33. The minimum absolute atomic E-state index is 0. The Morgan fingerprint density at radius 3 is 1.83 bits per heavy atom. The number of carboxylic acid groups (broad SMARTS) is 1. The third-order valence-electron chi connectivity index (χ3n) is 2.44. The van der Waals surface area contributed by atoms with Gasteiger partial charge in [0, 0.05) is 38.4 Å². The number of hydrogen-bond acceptors (Lipinski definition) is 2. The second kappa shape index (κ2) is 6.44. The van der Waals surface area contributed by atoms with Crippen molar-refractivity contribution in [3.05, 3.63) is 71.3 Å². The Morgan fingerprint density at radius 2 is 1.28 bits per heavy atom. The summed E-state index contributed by atoms with van der Waals surface area (Å²) in [5.74, 6) is -1.37. The van der Waals surface area contributed by atoms with Gasteiger partial charge in [0.1, 0.15) is 0 Å². The Bertz CT molecular complexity index is 564. The third-order valence-corrected chi connectivity index (χ3v) is 2.44. The van der Waals surface area contributed by atoms with Gasteiger partial charge in [0.25, 0.3) is 0 Å². The van der Waals surface area contributed by atoms with Gasteiger partial charge in [-0.05, 0) is 6.07 Å². The van der Waals surface area contributed by atoms with E-state index in [0.29, 0.717) is 5.56 Å². The summed E-state index contributed by atoms with van der Waals surface area (Å²) >= 11 is 0. The van der Waals surface area contributed by atoms with Crippen LogP contribution in [0, 0.1) is 0 Å². The molecule has 2 aromatic rings. The van der Waals surface area contributed by atoms with Crippen LogP contribution in [-0.4, -0.2) is 44.2 Å². The molecule has 18 heavy (non-hydrogen) atoms. The Kier molecular flexibility index (Phi) is 5.21. The molecule has 0 aliphatic heterocycles. The maximum atomic E-state index is 12.1. The van der Waals surface area contributed by atoms with Crippen molar-refractivity contribution in [1.29, 1.82) is 0 Å². The van der Waals surface area contributed by atoms with Gasteiger partial charge >= 0.3 is 5.97 Å². The fourth-order valence-electron chi connectivity index (χ4n) is 1.61. The van der Waals surface area contributed by atoms with Gasteiger partial charge in [0.15, 0.2) is 5.78 Å². The molecule has 1 N–H and O–H groups in total. The fourth-order valence-corrected chi connectivity index (χ4v) is 1.61. The van der Waals surface area contributed by atoms with E-state index >= 15 is 0 Å². The van der Waals surface area contributed by atoms with Gasteiger partial charge in [-0.2, -0.15) is 0 Å². The molecular formula is C14H10O3Pb. The van der Waals surface area contributed by atoms with E-state index in [2.05, 4.69) is 0 Å². The molecule has 0 saturated carbocycles. The average Bonchev–Trinajstić information content (AvgIpc) is 2.39. The number of ketones is 1. The van der Waals surface area contributed by atoms with Crippen LogP contribution in [0.4, 0.5) is 0 Å². The number of benzene rings is 2. The predicted octanol–water partition coefficient (Wildman–Crippen LogP) is 2.24. The largest absolute Gasteiger partial charge is 0.478 e. The minimum Gasteiger partial charge on any atom is -0.478 e. The molecule has 3 nitrogen and oxygen atoms in total. The maximum Gasteiger partial charge on any atom is 0.336 e. The number of aromatic carboxylic acids is 1. The molecule has 4 heteroatoms. The molecular weight excluding hydrogens is 423 g/mol. The van der Waals surface area contributed by atoms with Crippen LogP contribution >= 0.6 is 0 Å². The second-order valence-corrected chi connectivity index (χ2v) is 3.55. The third kappa shape index (κ3) is 3.04. The summed E-state index contributed by atoms with van der Waals surface area (Å²) in [5.41, 5.74) is 0.730. The molecule has 0 saturated heterocycles. The van der Waals surface area contributed by atoms with Crippen molar-refractivity contribution < 1.29 is 14.7 Å². The summed E-state index contributed by atoms with van der Waals surface area (Å²) in [5, 5.41) is 9.01. The molecule has 88 valence electrons. The SMILES string of the molecule is O=C(O)c1ccccc1C(=O)c1ccccc1.[Pb]. The van der Waals surface area contributed by atoms with Crippen molar-refractivity contribution >= 4 is 39.1 Å². The molecule has 0 unspecified atom stereocenters. The molecule has 2 rings (SSSR count). The molecule has 0 heterocycles. The van der Waals surface area contributed by atoms with Gasteiger partial charge in [-0.1, -0.05) is 48.5 Å². The summed E-state index contributed by atoms with van der Waals surface area (Å²) in [4.78, 5) is 23.1. The summed E-state index contributed by atoms with van der Waals surface area (Å²) in [7, 11) is 0. The van der Waals surface area contributed by atoms with Crippen molar-refractivity contribution in [1.82, 2.24) is 0 Å². The smallest absolute Gasteiger partial charge is 0.336 e. The molecule has 0 aliphatic rings. The van der Waals surface area contributed by atoms with Crippen LogP contribution in [0.15, 0.2) is 54.6 Å². The number of carbonyl (C=O) groups excluding carboxylic acids is 1. The molecule has 0 amide bonds. The maximum absolute atomic E-state index is 12.1. The zero-order valence-electron chi connectivity index (χ0n) is 9.46. The molecule has 0 bridgehead atoms. The van der Waals surface area contributed by atoms with E-state index in [9.17, 15) is 9.59 Å². The van der Waals surface area contributed by atoms with Crippen LogP contribution in [0.1, 0.15) is 26.3 Å². The van der Waals surface area contributed by atoms with E-state index in [-0.39, 0.29) is 44.2 Å². The van der Waals surface area contributed by atoms with Crippen LogP contribution in [0.25, 0.3) is 0 Å². The molecule has 0 aromatic heterocycles. The van der Waals surface area contributed by atoms with Crippen LogP contribution in [-0.2, 0) is 0 Å². The first kappa shape index (κ1) is 14.6. The summed E-state index contributed by atoms with van der Waals surface area (Å²) in [6.07, 6.45) is 0. The first-order valence-electron chi connectivity index (χ1n) is 5.12. The molecule has 0 atom stereocenters. The first-order chi connectivity index (χ1) is 8.20. The average molecular weight is 433 g/mol.